The molecule has 2 heterocycles. The van der Waals surface area contributed by atoms with E-state index in [1.807, 2.05) is 65.6 Å². The third-order valence-corrected chi connectivity index (χ3v) is 4.91. The number of urea groups is 1. The minimum atomic E-state index is 0.00361. The number of aromatic amines is 1. The summed E-state index contributed by atoms with van der Waals surface area (Å²) < 4.78 is 0. The van der Waals surface area contributed by atoms with Crippen molar-refractivity contribution in [2.45, 2.75) is 19.4 Å². The highest BCUT2D eigenvalue weighted by atomic mass is 16.2. The molecular formula is C21H23N5O. The molecule has 1 saturated heterocycles. The number of amides is 2. The van der Waals surface area contributed by atoms with Crippen LogP contribution in [0.2, 0.25) is 0 Å². The number of nitrogens with zero attached hydrogens (tertiary/aromatic N) is 3. The third kappa shape index (κ3) is 4.34. The molecular weight excluding hydrogens is 338 g/mol. The standard InChI is InChI=1S/C21H23N5O/c27-21(22-14-16-7-3-1-4-8-16)26-12-11-17(15-26)13-19-23-20(25-24-19)18-9-5-2-6-10-18/h1-10,17H,11-15H2,(H,22,27)(H,23,24,25). The second kappa shape index (κ2) is 8.03. The lowest BCUT2D eigenvalue weighted by Crippen LogP contribution is -2.38. The van der Waals surface area contributed by atoms with Gasteiger partial charge in [0.1, 0.15) is 5.82 Å². The first-order valence-electron chi connectivity index (χ1n) is 9.31. The monoisotopic (exact) mass is 361 g/mol. The van der Waals surface area contributed by atoms with E-state index in [0.29, 0.717) is 12.5 Å². The van der Waals surface area contributed by atoms with Crippen LogP contribution in [0.5, 0.6) is 0 Å². The van der Waals surface area contributed by atoms with E-state index in [0.717, 1.165) is 48.7 Å². The highest BCUT2D eigenvalue weighted by Crippen LogP contribution is 2.21. The van der Waals surface area contributed by atoms with Crippen LogP contribution in [-0.4, -0.2) is 39.2 Å². The molecule has 1 atom stereocenters. The molecule has 2 aromatic carbocycles. The van der Waals surface area contributed by atoms with Gasteiger partial charge in [0.15, 0.2) is 5.82 Å². The Bertz CT molecular complexity index is 878. The summed E-state index contributed by atoms with van der Waals surface area (Å²) in [5.41, 5.74) is 2.12. The SMILES string of the molecule is O=C(NCc1ccccc1)N1CCC(Cc2nc(-c3ccccc3)n[nH]2)C1. The Kier molecular flexibility index (Phi) is 5.14. The van der Waals surface area contributed by atoms with Crippen LogP contribution in [0.15, 0.2) is 60.7 Å². The molecule has 0 aliphatic carbocycles. The van der Waals surface area contributed by atoms with Crippen molar-refractivity contribution in [1.29, 1.82) is 0 Å². The number of hydrogen-bond acceptors (Lipinski definition) is 3. The van der Waals surface area contributed by atoms with E-state index < -0.39 is 0 Å². The molecule has 6 heteroatoms. The van der Waals surface area contributed by atoms with Gasteiger partial charge in [-0.3, -0.25) is 5.10 Å². The lowest BCUT2D eigenvalue weighted by atomic mass is 10.1. The maximum Gasteiger partial charge on any atom is 0.317 e. The summed E-state index contributed by atoms with van der Waals surface area (Å²) in [6, 6.07) is 19.9. The van der Waals surface area contributed by atoms with Gasteiger partial charge < -0.3 is 10.2 Å². The van der Waals surface area contributed by atoms with Gasteiger partial charge in [0.2, 0.25) is 0 Å². The molecule has 6 nitrogen and oxygen atoms in total. The van der Waals surface area contributed by atoms with Crippen molar-refractivity contribution in [1.82, 2.24) is 25.4 Å². The summed E-state index contributed by atoms with van der Waals surface area (Å²) in [7, 11) is 0. The van der Waals surface area contributed by atoms with E-state index in [2.05, 4.69) is 20.5 Å². The summed E-state index contributed by atoms with van der Waals surface area (Å²) >= 11 is 0. The van der Waals surface area contributed by atoms with Crippen LogP contribution >= 0.6 is 0 Å². The van der Waals surface area contributed by atoms with Crippen molar-refractivity contribution in [3.63, 3.8) is 0 Å². The Hall–Kier alpha value is -3.15. The summed E-state index contributed by atoms with van der Waals surface area (Å²) in [6.07, 6.45) is 1.79. The highest BCUT2D eigenvalue weighted by molar-refractivity contribution is 5.74. The molecule has 0 bridgehead atoms. The highest BCUT2D eigenvalue weighted by Gasteiger charge is 2.27. The maximum absolute atomic E-state index is 12.4. The van der Waals surface area contributed by atoms with Crippen molar-refractivity contribution in [2.24, 2.45) is 5.92 Å². The zero-order valence-electron chi connectivity index (χ0n) is 15.1. The Morgan fingerprint density at radius 3 is 2.63 bits per heavy atom. The number of likely N-dealkylation sites (tertiary alicyclic amines) is 1. The molecule has 1 unspecified atom stereocenters. The fraction of sp³-hybridized carbons (Fsp3) is 0.286. The minimum Gasteiger partial charge on any atom is -0.334 e. The number of rotatable bonds is 5. The second-order valence-corrected chi connectivity index (χ2v) is 6.92. The number of carbonyl (C=O) groups excluding carboxylic acids is 1. The Morgan fingerprint density at radius 2 is 1.85 bits per heavy atom. The van der Waals surface area contributed by atoms with Crippen LogP contribution in [-0.2, 0) is 13.0 Å². The number of nitrogens with one attached hydrogen (secondary N) is 2. The molecule has 1 aromatic heterocycles. The molecule has 3 aromatic rings. The van der Waals surface area contributed by atoms with Crippen LogP contribution in [0, 0.1) is 5.92 Å². The van der Waals surface area contributed by atoms with E-state index in [9.17, 15) is 4.79 Å². The first-order chi connectivity index (χ1) is 13.3. The van der Waals surface area contributed by atoms with Gasteiger partial charge in [-0.15, -0.1) is 0 Å². The molecule has 1 aliphatic heterocycles. The zero-order chi connectivity index (χ0) is 18.5. The fourth-order valence-electron chi connectivity index (χ4n) is 3.45. The minimum absolute atomic E-state index is 0.00361. The van der Waals surface area contributed by atoms with Gasteiger partial charge in [-0.05, 0) is 17.9 Å². The Balaban J connectivity index is 1.28. The second-order valence-electron chi connectivity index (χ2n) is 6.92. The molecule has 1 fully saturated rings. The van der Waals surface area contributed by atoms with Crippen LogP contribution in [0.4, 0.5) is 4.79 Å². The van der Waals surface area contributed by atoms with Gasteiger partial charge in [0, 0.05) is 31.6 Å². The largest absolute Gasteiger partial charge is 0.334 e. The summed E-state index contributed by atoms with van der Waals surface area (Å²) in [4.78, 5) is 18.9. The van der Waals surface area contributed by atoms with E-state index in [1.54, 1.807) is 0 Å². The fourth-order valence-corrected chi connectivity index (χ4v) is 3.45. The Morgan fingerprint density at radius 1 is 1.11 bits per heavy atom. The predicted octanol–water partition coefficient (Wildman–Crippen LogP) is 3.25. The number of H-pyrrole nitrogens is 1. The van der Waals surface area contributed by atoms with Gasteiger partial charge in [0.25, 0.3) is 0 Å². The van der Waals surface area contributed by atoms with Crippen LogP contribution in [0.25, 0.3) is 11.4 Å². The molecule has 0 spiro atoms. The molecule has 2 N–H and O–H groups in total. The number of hydrogen-bond donors (Lipinski definition) is 2. The first-order valence-corrected chi connectivity index (χ1v) is 9.31. The normalized spacial score (nSPS) is 16.4. The van der Waals surface area contributed by atoms with Gasteiger partial charge in [-0.25, -0.2) is 9.78 Å². The van der Waals surface area contributed by atoms with Gasteiger partial charge >= 0.3 is 6.03 Å². The van der Waals surface area contributed by atoms with Crippen LogP contribution < -0.4 is 5.32 Å². The lowest BCUT2D eigenvalue weighted by molar-refractivity contribution is 0.206. The zero-order valence-corrected chi connectivity index (χ0v) is 15.1. The van der Waals surface area contributed by atoms with Crippen molar-refractivity contribution in [3.05, 3.63) is 72.1 Å². The van der Waals surface area contributed by atoms with E-state index in [4.69, 9.17) is 0 Å². The number of carbonyl (C=O) groups is 1. The number of aromatic nitrogens is 3. The van der Waals surface area contributed by atoms with E-state index >= 15 is 0 Å². The molecule has 0 saturated carbocycles. The van der Waals surface area contributed by atoms with E-state index in [1.165, 1.54) is 0 Å². The van der Waals surface area contributed by atoms with Crippen molar-refractivity contribution >= 4 is 6.03 Å². The summed E-state index contributed by atoms with van der Waals surface area (Å²) in [5, 5.41) is 10.4. The molecule has 4 rings (SSSR count). The quantitative estimate of drug-likeness (QED) is 0.733. The van der Waals surface area contributed by atoms with Crippen molar-refractivity contribution in [3.8, 4) is 11.4 Å². The molecule has 27 heavy (non-hydrogen) atoms. The van der Waals surface area contributed by atoms with Crippen molar-refractivity contribution < 1.29 is 4.79 Å². The lowest BCUT2D eigenvalue weighted by Gasteiger charge is -2.17. The predicted molar refractivity (Wildman–Crippen MR) is 104 cm³/mol. The maximum atomic E-state index is 12.4. The smallest absolute Gasteiger partial charge is 0.317 e. The summed E-state index contributed by atoms with van der Waals surface area (Å²) in [6.45, 7) is 2.09. The van der Waals surface area contributed by atoms with E-state index in [-0.39, 0.29) is 6.03 Å². The number of benzene rings is 2. The third-order valence-electron chi connectivity index (χ3n) is 4.91. The van der Waals surface area contributed by atoms with Gasteiger partial charge in [0.05, 0.1) is 0 Å². The molecule has 138 valence electrons. The summed E-state index contributed by atoms with van der Waals surface area (Å²) in [5.74, 6) is 2.01. The van der Waals surface area contributed by atoms with Crippen LogP contribution in [0.1, 0.15) is 17.8 Å². The van der Waals surface area contributed by atoms with Gasteiger partial charge in [-0.1, -0.05) is 60.7 Å². The average Bonchev–Trinajstić information content (AvgIpc) is 3.38. The topological polar surface area (TPSA) is 73.9 Å². The van der Waals surface area contributed by atoms with Gasteiger partial charge in [-0.2, -0.15) is 5.10 Å². The average molecular weight is 361 g/mol. The molecule has 1 aliphatic rings. The first kappa shape index (κ1) is 17.3. The Labute approximate surface area is 158 Å². The van der Waals surface area contributed by atoms with Crippen LogP contribution in [0.3, 0.4) is 0 Å². The van der Waals surface area contributed by atoms with Crippen molar-refractivity contribution in [2.75, 3.05) is 13.1 Å². The molecule has 0 radical (unpaired) electrons. The molecule has 2 amide bonds.